The van der Waals surface area contributed by atoms with Gasteiger partial charge in [0.05, 0.1) is 31.0 Å². The van der Waals surface area contributed by atoms with E-state index in [2.05, 4.69) is 22.0 Å². The van der Waals surface area contributed by atoms with Gasteiger partial charge in [0.15, 0.2) is 0 Å². The average molecular weight is 444 g/mol. The lowest BCUT2D eigenvalue weighted by atomic mass is 10.1. The highest BCUT2D eigenvalue weighted by atomic mass is 16.5. The van der Waals surface area contributed by atoms with Gasteiger partial charge in [-0.2, -0.15) is 5.26 Å². The number of hydrogen-bond acceptors (Lipinski definition) is 6. The molecule has 0 aromatic heterocycles. The lowest BCUT2D eigenvalue weighted by Gasteiger charge is -2.13. The maximum absolute atomic E-state index is 12.5. The number of carbonyl (C=O) groups excluding carboxylic acids is 2. The molecule has 0 aliphatic carbocycles. The second-order valence-electron chi connectivity index (χ2n) is 7.13. The SMILES string of the molecule is COc1ccc(NC(C)=O)cc1NC(=O)CNc1cccc(OCc2cccc(C#N)c2)c1. The number of nitriles is 1. The predicted molar refractivity (Wildman–Crippen MR) is 126 cm³/mol. The molecule has 0 spiro atoms. The first-order valence-electron chi connectivity index (χ1n) is 10.2. The number of ether oxygens (including phenoxy) is 2. The molecule has 33 heavy (non-hydrogen) atoms. The molecule has 0 atom stereocenters. The first-order chi connectivity index (χ1) is 16.0. The Balaban J connectivity index is 1.57. The third kappa shape index (κ3) is 7.01. The minimum atomic E-state index is -0.284. The van der Waals surface area contributed by atoms with Crippen LogP contribution >= 0.6 is 0 Å². The zero-order valence-corrected chi connectivity index (χ0v) is 18.3. The second-order valence-corrected chi connectivity index (χ2v) is 7.13. The van der Waals surface area contributed by atoms with E-state index in [0.717, 1.165) is 5.56 Å². The van der Waals surface area contributed by atoms with E-state index < -0.39 is 0 Å². The molecule has 3 rings (SSSR count). The van der Waals surface area contributed by atoms with Crippen LogP contribution in [0.15, 0.2) is 66.7 Å². The van der Waals surface area contributed by atoms with Crippen LogP contribution in [0, 0.1) is 11.3 Å². The first-order valence-corrected chi connectivity index (χ1v) is 10.2. The normalized spacial score (nSPS) is 9.97. The summed E-state index contributed by atoms with van der Waals surface area (Å²) in [7, 11) is 1.50. The quantitative estimate of drug-likeness (QED) is 0.457. The lowest BCUT2D eigenvalue weighted by molar-refractivity contribution is -0.115. The molecule has 3 aromatic carbocycles. The van der Waals surface area contributed by atoms with E-state index in [0.29, 0.717) is 40.7 Å². The monoisotopic (exact) mass is 444 g/mol. The van der Waals surface area contributed by atoms with E-state index >= 15 is 0 Å². The standard InChI is InChI=1S/C25H24N4O4/c1-17(30)28-21-9-10-24(32-2)23(13-21)29-25(31)15-27-20-7-4-8-22(12-20)33-16-19-6-3-5-18(11-19)14-26/h3-13,27H,15-16H2,1-2H3,(H,28,30)(H,29,31). The smallest absolute Gasteiger partial charge is 0.243 e. The summed E-state index contributed by atoms with van der Waals surface area (Å²) < 4.78 is 11.1. The number of anilines is 3. The van der Waals surface area contributed by atoms with Gasteiger partial charge >= 0.3 is 0 Å². The van der Waals surface area contributed by atoms with Gasteiger partial charge in [-0.3, -0.25) is 9.59 Å². The van der Waals surface area contributed by atoms with Gasteiger partial charge in [-0.1, -0.05) is 18.2 Å². The van der Waals surface area contributed by atoms with Gasteiger partial charge < -0.3 is 25.4 Å². The zero-order valence-electron chi connectivity index (χ0n) is 18.3. The molecule has 0 unspecified atom stereocenters. The van der Waals surface area contributed by atoms with Crippen molar-refractivity contribution in [3.63, 3.8) is 0 Å². The highest BCUT2D eigenvalue weighted by Crippen LogP contribution is 2.28. The number of nitrogens with one attached hydrogen (secondary N) is 3. The van der Waals surface area contributed by atoms with Crippen LogP contribution in [0.25, 0.3) is 0 Å². The van der Waals surface area contributed by atoms with Crippen LogP contribution in [0.5, 0.6) is 11.5 Å². The van der Waals surface area contributed by atoms with Gasteiger partial charge in [0.1, 0.15) is 18.1 Å². The molecule has 8 nitrogen and oxygen atoms in total. The molecule has 0 heterocycles. The van der Waals surface area contributed by atoms with Crippen molar-refractivity contribution in [1.82, 2.24) is 0 Å². The Morgan fingerprint density at radius 3 is 2.55 bits per heavy atom. The maximum atomic E-state index is 12.5. The van der Waals surface area contributed by atoms with Gasteiger partial charge in [-0.25, -0.2) is 0 Å². The summed E-state index contributed by atoms with van der Waals surface area (Å²) in [6.45, 7) is 1.75. The van der Waals surface area contributed by atoms with Crippen molar-refractivity contribution in [2.24, 2.45) is 0 Å². The van der Waals surface area contributed by atoms with Crippen molar-refractivity contribution in [1.29, 1.82) is 5.26 Å². The number of methoxy groups -OCH3 is 1. The highest BCUT2D eigenvalue weighted by Gasteiger charge is 2.10. The maximum Gasteiger partial charge on any atom is 0.243 e. The summed E-state index contributed by atoms with van der Waals surface area (Å²) in [5, 5.41) is 17.5. The number of amides is 2. The molecule has 3 aromatic rings. The molecule has 0 bridgehead atoms. The van der Waals surface area contributed by atoms with Crippen LogP contribution < -0.4 is 25.4 Å². The van der Waals surface area contributed by atoms with Gasteiger partial charge in [-0.15, -0.1) is 0 Å². The Morgan fingerprint density at radius 1 is 0.970 bits per heavy atom. The fraction of sp³-hybridized carbons (Fsp3) is 0.160. The molecule has 168 valence electrons. The largest absolute Gasteiger partial charge is 0.495 e. The van der Waals surface area contributed by atoms with Crippen LogP contribution in [0.3, 0.4) is 0 Å². The summed E-state index contributed by atoms with van der Waals surface area (Å²) >= 11 is 0. The molecule has 3 N–H and O–H groups in total. The van der Waals surface area contributed by atoms with Crippen LogP contribution in [-0.4, -0.2) is 25.5 Å². The molecule has 0 aliphatic rings. The van der Waals surface area contributed by atoms with Gasteiger partial charge in [-0.05, 0) is 48.0 Å². The van der Waals surface area contributed by atoms with Crippen LogP contribution in [0.2, 0.25) is 0 Å². The third-order valence-electron chi connectivity index (χ3n) is 4.54. The second kappa shape index (κ2) is 11.2. The van der Waals surface area contributed by atoms with Gasteiger partial charge in [0.2, 0.25) is 11.8 Å². The minimum absolute atomic E-state index is 0.0151. The lowest BCUT2D eigenvalue weighted by Crippen LogP contribution is -2.22. The van der Waals surface area contributed by atoms with Crippen LogP contribution in [-0.2, 0) is 16.2 Å². The fourth-order valence-electron chi connectivity index (χ4n) is 3.06. The van der Waals surface area contributed by atoms with E-state index in [4.69, 9.17) is 14.7 Å². The molecule has 0 saturated heterocycles. The van der Waals surface area contributed by atoms with Crippen LogP contribution in [0.4, 0.5) is 17.1 Å². The molecule has 8 heteroatoms. The molecule has 2 amide bonds. The fourth-order valence-corrected chi connectivity index (χ4v) is 3.06. The Labute approximate surface area is 192 Å². The van der Waals surface area contributed by atoms with Crippen molar-refractivity contribution >= 4 is 28.9 Å². The molecular weight excluding hydrogens is 420 g/mol. The summed E-state index contributed by atoms with van der Waals surface area (Å²) in [4.78, 5) is 23.8. The van der Waals surface area contributed by atoms with E-state index in [1.807, 2.05) is 30.3 Å². The van der Waals surface area contributed by atoms with Gasteiger partial charge in [0, 0.05) is 24.4 Å². The van der Waals surface area contributed by atoms with Crippen molar-refractivity contribution in [2.45, 2.75) is 13.5 Å². The summed E-state index contributed by atoms with van der Waals surface area (Å²) in [6.07, 6.45) is 0. The first kappa shape index (κ1) is 23.2. The molecule has 0 saturated carbocycles. The third-order valence-corrected chi connectivity index (χ3v) is 4.54. The van der Waals surface area contributed by atoms with Gasteiger partial charge in [0.25, 0.3) is 0 Å². The van der Waals surface area contributed by atoms with E-state index in [-0.39, 0.29) is 18.4 Å². The Bertz CT molecular complexity index is 1190. The Morgan fingerprint density at radius 2 is 1.79 bits per heavy atom. The van der Waals surface area contributed by atoms with E-state index in [9.17, 15) is 9.59 Å². The summed E-state index contributed by atoms with van der Waals surface area (Å²) in [6, 6.07) is 21.6. The number of carbonyl (C=O) groups is 2. The van der Waals surface area contributed by atoms with Crippen LogP contribution in [0.1, 0.15) is 18.1 Å². The zero-order chi connectivity index (χ0) is 23.6. The highest BCUT2D eigenvalue weighted by molar-refractivity contribution is 5.96. The summed E-state index contributed by atoms with van der Waals surface area (Å²) in [5.74, 6) is 0.618. The molecule has 0 radical (unpaired) electrons. The van der Waals surface area contributed by atoms with Crippen molar-refractivity contribution in [2.75, 3.05) is 29.6 Å². The van der Waals surface area contributed by atoms with Crippen molar-refractivity contribution in [3.05, 3.63) is 77.9 Å². The molecular formula is C25H24N4O4. The van der Waals surface area contributed by atoms with E-state index in [1.54, 1.807) is 36.4 Å². The average Bonchev–Trinajstić information content (AvgIpc) is 2.82. The van der Waals surface area contributed by atoms with Crippen molar-refractivity contribution in [3.8, 4) is 17.6 Å². The molecule has 0 aliphatic heterocycles. The summed E-state index contributed by atoms with van der Waals surface area (Å²) in [5.41, 5.74) is 3.19. The number of hydrogen-bond donors (Lipinski definition) is 3. The van der Waals surface area contributed by atoms with Crippen molar-refractivity contribution < 1.29 is 19.1 Å². The topological polar surface area (TPSA) is 112 Å². The minimum Gasteiger partial charge on any atom is -0.495 e. The Kier molecular flexibility index (Phi) is 7.86. The predicted octanol–water partition coefficient (Wildman–Crippen LogP) is 4.15. The Hall–Kier alpha value is -4.51. The number of rotatable bonds is 9. The number of nitrogens with zero attached hydrogens (tertiary/aromatic N) is 1. The van der Waals surface area contributed by atoms with E-state index in [1.165, 1.54) is 14.0 Å². The number of benzene rings is 3. The molecule has 0 fully saturated rings.